The zero-order valence-electron chi connectivity index (χ0n) is 14.5. The average Bonchev–Trinajstić information content (AvgIpc) is 3.04. The minimum Gasteiger partial charge on any atom is -0.493 e. The first-order chi connectivity index (χ1) is 12.6. The van der Waals surface area contributed by atoms with Crippen LogP contribution in [0.3, 0.4) is 0 Å². The second-order valence-corrected chi connectivity index (χ2v) is 6.49. The number of hydrogen-bond donors (Lipinski definition) is 0. The molecule has 6 heteroatoms. The standard InChI is InChI=1S/C20H17ClN2O3/c1-25-17-5-3-4-12(18(17)26-2)10-13-8-9-23-19(13)22-16-11-14(21)6-7-15(16)20(23)24/h3-7,10-11H,8-9H2,1-2H3/b13-10+. The van der Waals surface area contributed by atoms with Gasteiger partial charge in [-0.2, -0.15) is 0 Å². The molecule has 0 unspecified atom stereocenters. The lowest BCUT2D eigenvalue weighted by molar-refractivity contribution is 0.354. The number of nitrogens with zero attached hydrogens (tertiary/aromatic N) is 2. The summed E-state index contributed by atoms with van der Waals surface area (Å²) in [7, 11) is 3.22. The summed E-state index contributed by atoms with van der Waals surface area (Å²) in [5.41, 5.74) is 2.44. The van der Waals surface area contributed by atoms with Crippen LogP contribution in [0.1, 0.15) is 17.8 Å². The molecule has 0 radical (unpaired) electrons. The van der Waals surface area contributed by atoms with Crippen LogP contribution in [-0.2, 0) is 6.54 Å². The number of methoxy groups -OCH3 is 2. The number of fused-ring (bicyclic) bond motifs is 2. The molecule has 4 rings (SSSR count). The van der Waals surface area contributed by atoms with Crippen LogP contribution < -0.4 is 15.0 Å². The molecule has 0 fully saturated rings. The number of halogens is 1. The molecule has 0 atom stereocenters. The second-order valence-electron chi connectivity index (χ2n) is 6.06. The van der Waals surface area contributed by atoms with Crippen LogP contribution >= 0.6 is 11.6 Å². The third-order valence-corrected chi connectivity index (χ3v) is 4.81. The lowest BCUT2D eigenvalue weighted by Gasteiger charge is -2.11. The summed E-state index contributed by atoms with van der Waals surface area (Å²) < 4.78 is 12.6. The molecule has 0 N–H and O–H groups in total. The first kappa shape index (κ1) is 16.7. The predicted octanol–water partition coefficient (Wildman–Crippen LogP) is 4.01. The van der Waals surface area contributed by atoms with Gasteiger partial charge in [-0.1, -0.05) is 23.7 Å². The quantitative estimate of drug-likeness (QED) is 0.701. The van der Waals surface area contributed by atoms with Crippen LogP contribution in [0.5, 0.6) is 11.5 Å². The van der Waals surface area contributed by atoms with Crippen LogP contribution in [0.15, 0.2) is 41.2 Å². The highest BCUT2D eigenvalue weighted by atomic mass is 35.5. The predicted molar refractivity (Wildman–Crippen MR) is 103 cm³/mol. The van der Waals surface area contributed by atoms with Crippen molar-refractivity contribution in [2.24, 2.45) is 0 Å². The number of benzene rings is 2. The van der Waals surface area contributed by atoms with E-state index < -0.39 is 0 Å². The van der Waals surface area contributed by atoms with Crippen molar-refractivity contribution in [2.75, 3.05) is 14.2 Å². The van der Waals surface area contributed by atoms with Gasteiger partial charge in [0, 0.05) is 17.1 Å². The van der Waals surface area contributed by atoms with Crippen molar-refractivity contribution in [3.63, 3.8) is 0 Å². The zero-order chi connectivity index (χ0) is 18.3. The van der Waals surface area contributed by atoms with Gasteiger partial charge in [0.25, 0.3) is 5.56 Å². The van der Waals surface area contributed by atoms with E-state index >= 15 is 0 Å². The van der Waals surface area contributed by atoms with Crippen LogP contribution in [0, 0.1) is 0 Å². The van der Waals surface area contributed by atoms with E-state index in [4.69, 9.17) is 26.1 Å². The maximum atomic E-state index is 12.8. The monoisotopic (exact) mass is 368 g/mol. The normalized spacial score (nSPS) is 14.7. The maximum Gasteiger partial charge on any atom is 0.261 e. The number of hydrogen-bond acceptors (Lipinski definition) is 4. The molecule has 0 saturated carbocycles. The SMILES string of the molecule is COc1cccc(/C=C2\CCn3c2nc2cc(Cl)ccc2c3=O)c1OC. The Morgan fingerprint density at radius 1 is 1.19 bits per heavy atom. The van der Waals surface area contributed by atoms with Gasteiger partial charge in [0.15, 0.2) is 11.5 Å². The van der Waals surface area contributed by atoms with Gasteiger partial charge in [0.1, 0.15) is 5.82 Å². The van der Waals surface area contributed by atoms with E-state index in [1.54, 1.807) is 37.0 Å². The van der Waals surface area contributed by atoms with E-state index in [9.17, 15) is 4.79 Å². The molecular weight excluding hydrogens is 352 g/mol. The molecule has 132 valence electrons. The number of aromatic nitrogens is 2. The van der Waals surface area contributed by atoms with E-state index in [0.29, 0.717) is 39.8 Å². The highest BCUT2D eigenvalue weighted by Crippen LogP contribution is 2.35. The fourth-order valence-corrected chi connectivity index (χ4v) is 3.51. The van der Waals surface area contributed by atoms with Crippen molar-refractivity contribution in [3.05, 3.63) is 63.2 Å². The summed E-state index contributed by atoms with van der Waals surface area (Å²) in [6, 6.07) is 10.9. The van der Waals surface area contributed by atoms with Gasteiger partial charge < -0.3 is 9.47 Å². The molecule has 2 aromatic carbocycles. The Kier molecular flexibility index (Phi) is 4.17. The van der Waals surface area contributed by atoms with Crippen LogP contribution in [-0.4, -0.2) is 23.8 Å². The molecule has 26 heavy (non-hydrogen) atoms. The summed E-state index contributed by atoms with van der Waals surface area (Å²) in [6.45, 7) is 0.609. The van der Waals surface area contributed by atoms with Crippen molar-refractivity contribution >= 4 is 34.2 Å². The minimum absolute atomic E-state index is 0.0392. The molecule has 1 aliphatic rings. The topological polar surface area (TPSA) is 53.4 Å². The molecular formula is C20H17ClN2O3. The summed E-state index contributed by atoms with van der Waals surface area (Å²) in [5, 5.41) is 1.14. The molecule has 2 heterocycles. The van der Waals surface area contributed by atoms with E-state index in [1.807, 2.05) is 24.3 Å². The van der Waals surface area contributed by atoms with Crippen LogP contribution in [0.25, 0.3) is 22.6 Å². The molecule has 5 nitrogen and oxygen atoms in total. The van der Waals surface area contributed by atoms with E-state index in [1.165, 1.54) is 0 Å². The van der Waals surface area contributed by atoms with E-state index in [0.717, 1.165) is 17.6 Å². The minimum atomic E-state index is -0.0392. The molecule has 1 aromatic heterocycles. The Labute approximate surface area is 155 Å². The smallest absolute Gasteiger partial charge is 0.261 e. The second kappa shape index (κ2) is 6.50. The Hall–Kier alpha value is -2.79. The zero-order valence-corrected chi connectivity index (χ0v) is 15.2. The Morgan fingerprint density at radius 2 is 2.04 bits per heavy atom. The van der Waals surface area contributed by atoms with Crippen molar-refractivity contribution in [1.82, 2.24) is 9.55 Å². The van der Waals surface area contributed by atoms with Crippen molar-refractivity contribution < 1.29 is 9.47 Å². The summed E-state index contributed by atoms with van der Waals surface area (Å²) in [6.07, 6.45) is 2.73. The highest BCUT2D eigenvalue weighted by Gasteiger charge is 2.21. The summed E-state index contributed by atoms with van der Waals surface area (Å²) in [4.78, 5) is 17.5. The maximum absolute atomic E-state index is 12.8. The average molecular weight is 369 g/mol. The highest BCUT2D eigenvalue weighted by molar-refractivity contribution is 6.31. The molecule has 0 aliphatic carbocycles. The molecule has 1 aliphatic heterocycles. The van der Waals surface area contributed by atoms with Gasteiger partial charge in [-0.3, -0.25) is 9.36 Å². The number of allylic oxidation sites excluding steroid dienone is 1. The molecule has 0 spiro atoms. The molecule has 3 aromatic rings. The Balaban J connectivity index is 1.90. The van der Waals surface area contributed by atoms with Crippen molar-refractivity contribution in [3.8, 4) is 11.5 Å². The first-order valence-electron chi connectivity index (χ1n) is 8.24. The van der Waals surface area contributed by atoms with Gasteiger partial charge >= 0.3 is 0 Å². The van der Waals surface area contributed by atoms with Crippen LogP contribution in [0.2, 0.25) is 5.02 Å². The van der Waals surface area contributed by atoms with Gasteiger partial charge in [-0.15, -0.1) is 0 Å². The first-order valence-corrected chi connectivity index (χ1v) is 8.62. The lowest BCUT2D eigenvalue weighted by atomic mass is 10.1. The number of ether oxygens (including phenoxy) is 2. The van der Waals surface area contributed by atoms with Gasteiger partial charge in [0.2, 0.25) is 0 Å². The third kappa shape index (κ3) is 2.65. The summed E-state index contributed by atoms with van der Waals surface area (Å²) >= 11 is 6.07. The Morgan fingerprint density at radius 3 is 2.81 bits per heavy atom. The summed E-state index contributed by atoms with van der Waals surface area (Å²) in [5.74, 6) is 2.00. The fourth-order valence-electron chi connectivity index (χ4n) is 3.34. The van der Waals surface area contributed by atoms with E-state index in [-0.39, 0.29) is 5.56 Å². The fraction of sp³-hybridized carbons (Fsp3) is 0.200. The van der Waals surface area contributed by atoms with Gasteiger partial charge in [-0.05, 0) is 42.3 Å². The molecule has 0 saturated heterocycles. The molecule has 0 amide bonds. The van der Waals surface area contributed by atoms with Crippen LogP contribution in [0.4, 0.5) is 0 Å². The van der Waals surface area contributed by atoms with Crippen molar-refractivity contribution in [2.45, 2.75) is 13.0 Å². The number of rotatable bonds is 3. The third-order valence-electron chi connectivity index (χ3n) is 4.57. The lowest BCUT2D eigenvalue weighted by Crippen LogP contribution is -2.20. The van der Waals surface area contributed by atoms with E-state index in [2.05, 4.69) is 0 Å². The number of para-hydroxylation sites is 1. The van der Waals surface area contributed by atoms with Gasteiger partial charge in [-0.25, -0.2) is 4.98 Å². The van der Waals surface area contributed by atoms with Crippen molar-refractivity contribution in [1.29, 1.82) is 0 Å². The van der Waals surface area contributed by atoms with Gasteiger partial charge in [0.05, 0.1) is 25.1 Å². The molecule has 0 bridgehead atoms. The largest absolute Gasteiger partial charge is 0.493 e. The Bertz CT molecular complexity index is 1100.